The zero-order chi connectivity index (χ0) is 17.4. The second-order valence-corrected chi connectivity index (χ2v) is 7.04. The molecular weight excluding hydrogens is 316 g/mol. The molecule has 4 rings (SSSR count). The van der Waals surface area contributed by atoms with Gasteiger partial charge < -0.3 is 14.2 Å². The van der Waals surface area contributed by atoms with Gasteiger partial charge in [-0.15, -0.1) is 0 Å². The van der Waals surface area contributed by atoms with Crippen LogP contribution in [0.1, 0.15) is 59.5 Å². The number of hydrogen-bond acceptors (Lipinski definition) is 4. The summed E-state index contributed by atoms with van der Waals surface area (Å²) in [6, 6.07) is 3.84. The molecule has 3 heterocycles. The first-order chi connectivity index (χ1) is 12.2. The van der Waals surface area contributed by atoms with Gasteiger partial charge in [0.05, 0.1) is 18.7 Å². The standard InChI is InChI=1S/C19H24N4O2/c1-13-10-21-18(14-4-3-5-14)23(13)16-8-9-22(12-16)19(24)15-6-7-17(25-2)20-11-15/h6-7,10-11,14,16H,3-5,8-9,12H2,1-2H3. The Morgan fingerprint density at radius 2 is 2.04 bits per heavy atom. The van der Waals surface area contributed by atoms with E-state index in [0.29, 0.717) is 23.4 Å². The number of aryl methyl sites for hydroxylation is 1. The molecule has 2 aliphatic rings. The maximum atomic E-state index is 12.8. The summed E-state index contributed by atoms with van der Waals surface area (Å²) in [4.78, 5) is 23.5. The highest BCUT2D eigenvalue weighted by Crippen LogP contribution is 2.38. The summed E-state index contributed by atoms with van der Waals surface area (Å²) in [7, 11) is 1.57. The van der Waals surface area contributed by atoms with Gasteiger partial charge in [-0.25, -0.2) is 9.97 Å². The quantitative estimate of drug-likeness (QED) is 0.858. The number of rotatable bonds is 4. The number of imidazole rings is 1. The minimum atomic E-state index is 0.0422. The van der Waals surface area contributed by atoms with Crippen LogP contribution < -0.4 is 4.74 Å². The highest BCUT2D eigenvalue weighted by atomic mass is 16.5. The Morgan fingerprint density at radius 3 is 2.68 bits per heavy atom. The van der Waals surface area contributed by atoms with Crippen LogP contribution in [0.25, 0.3) is 0 Å². The normalized spacial score (nSPS) is 20.6. The van der Waals surface area contributed by atoms with Crippen LogP contribution >= 0.6 is 0 Å². The van der Waals surface area contributed by atoms with Crippen LogP contribution in [0.5, 0.6) is 5.88 Å². The summed E-state index contributed by atoms with van der Waals surface area (Å²) < 4.78 is 7.44. The minimum absolute atomic E-state index is 0.0422. The third-order valence-electron chi connectivity index (χ3n) is 5.49. The molecule has 2 aromatic heterocycles. The largest absolute Gasteiger partial charge is 0.481 e. The molecule has 1 saturated carbocycles. The lowest BCUT2D eigenvalue weighted by Gasteiger charge is -2.28. The summed E-state index contributed by atoms with van der Waals surface area (Å²) in [5.41, 5.74) is 1.82. The number of aromatic nitrogens is 3. The number of pyridine rings is 1. The Balaban J connectivity index is 1.49. The Kier molecular flexibility index (Phi) is 4.19. The number of nitrogens with zero attached hydrogens (tertiary/aromatic N) is 4. The van der Waals surface area contributed by atoms with Crippen molar-refractivity contribution in [2.75, 3.05) is 20.2 Å². The van der Waals surface area contributed by atoms with E-state index in [1.165, 1.54) is 30.8 Å². The van der Waals surface area contributed by atoms with E-state index in [-0.39, 0.29) is 5.91 Å². The van der Waals surface area contributed by atoms with Crippen LogP contribution in [0.3, 0.4) is 0 Å². The molecule has 6 nitrogen and oxygen atoms in total. The van der Waals surface area contributed by atoms with E-state index >= 15 is 0 Å². The van der Waals surface area contributed by atoms with Crippen LogP contribution in [0.2, 0.25) is 0 Å². The predicted octanol–water partition coefficient (Wildman–Crippen LogP) is 2.95. The van der Waals surface area contributed by atoms with Crippen LogP contribution in [0.4, 0.5) is 0 Å². The average molecular weight is 340 g/mol. The van der Waals surface area contributed by atoms with Crippen molar-refractivity contribution >= 4 is 5.91 Å². The molecule has 1 saturated heterocycles. The molecule has 0 aromatic carbocycles. The van der Waals surface area contributed by atoms with Crippen molar-refractivity contribution in [2.45, 2.75) is 44.6 Å². The zero-order valence-electron chi connectivity index (χ0n) is 14.8. The fourth-order valence-corrected chi connectivity index (χ4v) is 3.86. The van der Waals surface area contributed by atoms with Crippen LogP contribution in [0.15, 0.2) is 24.5 Å². The van der Waals surface area contributed by atoms with Crippen LogP contribution in [-0.2, 0) is 0 Å². The van der Waals surface area contributed by atoms with Crippen molar-refractivity contribution in [1.29, 1.82) is 0 Å². The smallest absolute Gasteiger partial charge is 0.255 e. The van der Waals surface area contributed by atoms with Crippen molar-refractivity contribution in [3.8, 4) is 5.88 Å². The van der Waals surface area contributed by atoms with Crippen LogP contribution in [-0.4, -0.2) is 45.5 Å². The zero-order valence-corrected chi connectivity index (χ0v) is 14.8. The molecule has 0 bridgehead atoms. The lowest BCUT2D eigenvalue weighted by Crippen LogP contribution is -2.30. The molecule has 25 heavy (non-hydrogen) atoms. The Labute approximate surface area is 147 Å². The van der Waals surface area contributed by atoms with Gasteiger partial charge in [0.15, 0.2) is 0 Å². The summed E-state index contributed by atoms with van der Waals surface area (Å²) in [5, 5.41) is 0. The van der Waals surface area contributed by atoms with Gasteiger partial charge in [-0.2, -0.15) is 0 Å². The molecule has 1 aliphatic heterocycles. The fourth-order valence-electron chi connectivity index (χ4n) is 3.86. The van der Waals surface area contributed by atoms with E-state index < -0.39 is 0 Å². The number of hydrogen-bond donors (Lipinski definition) is 0. The summed E-state index contributed by atoms with van der Waals surface area (Å²) >= 11 is 0. The second kappa shape index (κ2) is 6.50. The second-order valence-electron chi connectivity index (χ2n) is 7.04. The lowest BCUT2D eigenvalue weighted by molar-refractivity contribution is 0.0786. The fraction of sp³-hybridized carbons (Fsp3) is 0.526. The number of amides is 1. The molecule has 1 unspecified atom stereocenters. The van der Waals surface area contributed by atoms with Gasteiger partial charge in [-0.1, -0.05) is 6.42 Å². The maximum absolute atomic E-state index is 12.8. The van der Waals surface area contributed by atoms with Gasteiger partial charge in [0.1, 0.15) is 5.82 Å². The monoisotopic (exact) mass is 340 g/mol. The average Bonchev–Trinajstić information content (AvgIpc) is 3.20. The number of carbonyl (C=O) groups excluding carboxylic acids is 1. The van der Waals surface area contributed by atoms with Gasteiger partial charge in [0, 0.05) is 43.2 Å². The van der Waals surface area contributed by atoms with E-state index in [1.807, 2.05) is 11.1 Å². The predicted molar refractivity (Wildman–Crippen MR) is 93.9 cm³/mol. The molecule has 0 radical (unpaired) electrons. The lowest BCUT2D eigenvalue weighted by atomic mass is 9.84. The topological polar surface area (TPSA) is 60.2 Å². The first-order valence-electron chi connectivity index (χ1n) is 9.00. The SMILES string of the molecule is COc1ccc(C(=O)N2CCC(n3c(C)cnc3C3CCC3)C2)cn1. The van der Waals surface area contributed by atoms with Gasteiger partial charge in [-0.05, 0) is 32.3 Å². The van der Waals surface area contributed by atoms with E-state index in [9.17, 15) is 4.79 Å². The molecular formula is C19H24N4O2. The Morgan fingerprint density at radius 1 is 1.20 bits per heavy atom. The highest BCUT2D eigenvalue weighted by molar-refractivity contribution is 5.94. The van der Waals surface area contributed by atoms with Crippen molar-refractivity contribution < 1.29 is 9.53 Å². The first-order valence-corrected chi connectivity index (χ1v) is 9.00. The molecule has 2 fully saturated rings. The van der Waals surface area contributed by atoms with Gasteiger partial charge in [0.25, 0.3) is 5.91 Å². The minimum Gasteiger partial charge on any atom is -0.481 e. The molecule has 6 heteroatoms. The van der Waals surface area contributed by atoms with Crippen molar-refractivity contribution in [3.05, 3.63) is 41.6 Å². The molecule has 0 spiro atoms. The van der Waals surface area contributed by atoms with Crippen LogP contribution in [0, 0.1) is 6.92 Å². The van der Waals surface area contributed by atoms with E-state index in [0.717, 1.165) is 19.5 Å². The Bertz CT molecular complexity index is 764. The maximum Gasteiger partial charge on any atom is 0.255 e. The molecule has 132 valence electrons. The molecule has 1 aliphatic carbocycles. The van der Waals surface area contributed by atoms with Gasteiger partial charge in [-0.3, -0.25) is 4.79 Å². The molecule has 1 amide bonds. The third kappa shape index (κ3) is 2.90. The number of ether oxygens (including phenoxy) is 1. The van der Waals surface area contributed by atoms with Crippen molar-refractivity contribution in [2.24, 2.45) is 0 Å². The highest BCUT2D eigenvalue weighted by Gasteiger charge is 2.33. The number of methoxy groups -OCH3 is 1. The first kappa shape index (κ1) is 16.1. The van der Waals surface area contributed by atoms with Gasteiger partial charge in [0.2, 0.25) is 5.88 Å². The van der Waals surface area contributed by atoms with E-state index in [1.54, 1.807) is 25.4 Å². The van der Waals surface area contributed by atoms with E-state index in [4.69, 9.17) is 4.74 Å². The third-order valence-corrected chi connectivity index (χ3v) is 5.49. The molecule has 2 aromatic rings. The summed E-state index contributed by atoms with van der Waals surface area (Å²) in [5.74, 6) is 2.38. The van der Waals surface area contributed by atoms with Gasteiger partial charge >= 0.3 is 0 Å². The molecule has 1 atom stereocenters. The van der Waals surface area contributed by atoms with Crippen molar-refractivity contribution in [1.82, 2.24) is 19.4 Å². The number of carbonyl (C=O) groups is 1. The summed E-state index contributed by atoms with van der Waals surface area (Å²) in [6.07, 6.45) is 8.33. The Hall–Kier alpha value is -2.37. The van der Waals surface area contributed by atoms with E-state index in [2.05, 4.69) is 21.5 Å². The molecule has 0 N–H and O–H groups in total. The summed E-state index contributed by atoms with van der Waals surface area (Å²) in [6.45, 7) is 3.63. The number of likely N-dealkylation sites (tertiary alicyclic amines) is 1. The van der Waals surface area contributed by atoms with Crippen molar-refractivity contribution in [3.63, 3.8) is 0 Å².